The fourth-order valence-electron chi connectivity index (χ4n) is 5.83. The third-order valence-corrected chi connectivity index (χ3v) is 10.9. The SMILES string of the molecule is C=C(C)C(=O)OCCCOCCCNS(=O)(=O)c1ccc(-c2c3ccc(=[N+](CC)CC)cc-3oc3cc(N(CC)CC)ccc23)c(S(=O)(=O)O)c1. The standard InChI is InChI=1S/C37H47N3O9S2/c1-7-39(8-2)27-13-16-30-33(23-27)49-34-24-28(40(9-3)10-4)14-17-31(34)36(30)32-18-15-29(25-35(32)51(44,45)46)50(42,43)38-19-11-20-47-21-12-22-48-37(41)26(5)6/h13-18,23-25,38H,5,7-12,19-22H2,1-4,6H3/p+1. The zero-order chi connectivity index (χ0) is 37.3. The van der Waals surface area contributed by atoms with Gasteiger partial charge in [0.05, 0.1) is 17.6 Å². The van der Waals surface area contributed by atoms with E-state index in [0.29, 0.717) is 52.9 Å². The first-order valence-electron chi connectivity index (χ1n) is 17.1. The summed E-state index contributed by atoms with van der Waals surface area (Å²) in [7, 11) is -9.07. The summed E-state index contributed by atoms with van der Waals surface area (Å²) in [5, 5.41) is 1.53. The summed E-state index contributed by atoms with van der Waals surface area (Å²) in [5.74, 6) is 0.0397. The van der Waals surface area contributed by atoms with Crippen LogP contribution in [0.2, 0.25) is 0 Å². The van der Waals surface area contributed by atoms with Crippen LogP contribution >= 0.6 is 0 Å². The van der Waals surface area contributed by atoms with Gasteiger partial charge < -0.3 is 18.8 Å². The summed E-state index contributed by atoms with van der Waals surface area (Å²) in [4.78, 5) is 12.7. The number of nitrogens with one attached hydrogen (secondary N) is 1. The largest absolute Gasteiger partial charge is 0.462 e. The number of hydrogen-bond donors (Lipinski definition) is 2. The van der Waals surface area contributed by atoms with Crippen LogP contribution < -0.4 is 19.6 Å². The molecule has 0 amide bonds. The van der Waals surface area contributed by atoms with E-state index in [4.69, 9.17) is 13.9 Å². The average molecular weight is 743 g/mol. The molecule has 4 rings (SSSR count). The number of carbonyl (C=O) groups is 1. The fraction of sp³-hybridized carbons (Fsp3) is 0.405. The summed E-state index contributed by atoms with van der Waals surface area (Å²) >= 11 is 0. The molecule has 2 N–H and O–H groups in total. The van der Waals surface area contributed by atoms with Crippen LogP contribution in [-0.4, -0.2) is 79.9 Å². The molecule has 2 aromatic rings. The second kappa shape index (κ2) is 17.4. The zero-order valence-corrected chi connectivity index (χ0v) is 31.5. The Bertz CT molecular complexity index is 2130. The molecule has 1 heterocycles. The van der Waals surface area contributed by atoms with Gasteiger partial charge in [-0.1, -0.05) is 12.6 Å². The van der Waals surface area contributed by atoms with Crippen molar-refractivity contribution in [2.24, 2.45) is 0 Å². The van der Waals surface area contributed by atoms with Crippen LogP contribution in [0.25, 0.3) is 33.4 Å². The summed E-state index contributed by atoms with van der Waals surface area (Å²) in [6.45, 7) is 17.2. The normalized spacial score (nSPS) is 12.0. The number of esters is 1. The molecule has 0 radical (unpaired) electrons. The third kappa shape index (κ3) is 9.63. The van der Waals surface area contributed by atoms with E-state index in [-0.39, 0.29) is 30.2 Å². The van der Waals surface area contributed by atoms with Gasteiger partial charge in [0.25, 0.3) is 10.1 Å². The van der Waals surface area contributed by atoms with Gasteiger partial charge in [0.15, 0.2) is 0 Å². The zero-order valence-electron chi connectivity index (χ0n) is 29.9. The molecule has 2 aromatic carbocycles. The van der Waals surface area contributed by atoms with Crippen molar-refractivity contribution in [2.45, 2.75) is 57.3 Å². The summed E-state index contributed by atoms with van der Waals surface area (Å²) in [6.07, 6.45) is 0.814. The lowest BCUT2D eigenvalue weighted by molar-refractivity contribution is -0.139. The number of nitrogens with zero attached hydrogens (tertiary/aromatic N) is 2. The molecule has 0 atom stereocenters. The van der Waals surface area contributed by atoms with Crippen LogP contribution in [0, 0.1) is 0 Å². The van der Waals surface area contributed by atoms with Crippen molar-refractivity contribution in [3.63, 3.8) is 0 Å². The minimum absolute atomic E-state index is 0.0230. The first kappa shape index (κ1) is 39.7. The maximum atomic E-state index is 13.3. The Hall–Kier alpha value is -4.08. The number of carbonyl (C=O) groups excluding carboxylic acids is 1. The Morgan fingerprint density at radius 3 is 2.24 bits per heavy atom. The second-order valence-electron chi connectivity index (χ2n) is 11.9. The van der Waals surface area contributed by atoms with Crippen LogP contribution in [0.15, 0.2) is 81.0 Å². The molecule has 0 saturated heterocycles. The number of hydrogen-bond acceptors (Lipinski definition) is 9. The van der Waals surface area contributed by atoms with Crippen LogP contribution in [0.4, 0.5) is 5.69 Å². The quantitative estimate of drug-likeness (QED) is 0.0343. The predicted molar refractivity (Wildman–Crippen MR) is 199 cm³/mol. The van der Waals surface area contributed by atoms with E-state index >= 15 is 0 Å². The topological polar surface area (TPSA) is 155 Å². The Morgan fingerprint density at radius 1 is 0.902 bits per heavy atom. The van der Waals surface area contributed by atoms with Crippen molar-refractivity contribution < 1.29 is 40.1 Å². The smallest absolute Gasteiger partial charge is 0.333 e. The molecule has 0 spiro atoms. The van der Waals surface area contributed by atoms with Gasteiger partial charge in [-0.2, -0.15) is 8.42 Å². The summed E-state index contributed by atoms with van der Waals surface area (Å²) in [5.41, 5.74) is 2.97. The van der Waals surface area contributed by atoms with Crippen molar-refractivity contribution in [3.8, 4) is 22.5 Å². The second-order valence-corrected chi connectivity index (χ2v) is 15.1. The molecule has 12 nitrogen and oxygen atoms in total. The van der Waals surface area contributed by atoms with Gasteiger partial charge in [0.1, 0.15) is 29.3 Å². The van der Waals surface area contributed by atoms with E-state index in [1.165, 1.54) is 12.1 Å². The van der Waals surface area contributed by atoms with Crippen molar-refractivity contribution in [1.29, 1.82) is 0 Å². The molecule has 0 saturated carbocycles. The maximum Gasteiger partial charge on any atom is 0.333 e. The molecule has 0 aromatic heterocycles. The van der Waals surface area contributed by atoms with Gasteiger partial charge in [0, 0.05) is 84.7 Å². The Balaban J connectivity index is 1.70. The number of anilines is 1. The summed E-state index contributed by atoms with van der Waals surface area (Å²) in [6, 6.07) is 15.1. The molecular weight excluding hydrogens is 695 g/mol. The Kier molecular flexibility index (Phi) is 13.6. The van der Waals surface area contributed by atoms with Gasteiger partial charge in [-0.15, -0.1) is 0 Å². The van der Waals surface area contributed by atoms with Gasteiger partial charge in [-0.3, -0.25) is 4.55 Å². The molecule has 276 valence electrons. The van der Waals surface area contributed by atoms with E-state index in [2.05, 4.69) is 48.5 Å². The molecule has 51 heavy (non-hydrogen) atoms. The molecule has 2 aliphatic rings. The fourth-order valence-corrected chi connectivity index (χ4v) is 7.73. The predicted octanol–water partition coefficient (Wildman–Crippen LogP) is 5.30. The minimum atomic E-state index is -4.91. The van der Waals surface area contributed by atoms with Gasteiger partial charge >= 0.3 is 5.97 Å². The van der Waals surface area contributed by atoms with E-state index in [9.17, 15) is 26.2 Å². The Labute approximate surface area is 300 Å². The monoisotopic (exact) mass is 742 g/mol. The number of rotatable bonds is 18. The highest BCUT2D eigenvalue weighted by atomic mass is 32.2. The minimum Gasteiger partial charge on any atom is -0.462 e. The van der Waals surface area contributed by atoms with Crippen molar-refractivity contribution in [1.82, 2.24) is 9.30 Å². The number of sulfonamides is 1. The van der Waals surface area contributed by atoms with Crippen LogP contribution in [0.5, 0.6) is 0 Å². The van der Waals surface area contributed by atoms with Crippen LogP contribution in [-0.2, 0) is 34.4 Å². The van der Waals surface area contributed by atoms with E-state index in [1.54, 1.807) is 6.92 Å². The first-order valence-corrected chi connectivity index (χ1v) is 20.0. The van der Waals surface area contributed by atoms with Crippen LogP contribution in [0.1, 0.15) is 47.5 Å². The maximum absolute atomic E-state index is 13.3. The average Bonchev–Trinajstić information content (AvgIpc) is 3.10. The number of fused-ring (bicyclic) bond motifs is 2. The molecule has 1 aliphatic heterocycles. The lowest BCUT2D eigenvalue weighted by atomic mass is 9.93. The van der Waals surface area contributed by atoms with Crippen molar-refractivity contribution >= 4 is 42.8 Å². The molecular formula is C37H48N3O9S2+. The van der Waals surface area contributed by atoms with E-state index in [0.717, 1.165) is 43.3 Å². The lowest BCUT2D eigenvalue weighted by Crippen LogP contribution is -2.29. The van der Waals surface area contributed by atoms with E-state index in [1.807, 2.05) is 36.4 Å². The van der Waals surface area contributed by atoms with Crippen molar-refractivity contribution in [2.75, 3.05) is 57.4 Å². The third-order valence-electron chi connectivity index (χ3n) is 8.53. The highest BCUT2D eigenvalue weighted by Gasteiger charge is 2.27. The van der Waals surface area contributed by atoms with Gasteiger partial charge in [0.2, 0.25) is 15.4 Å². The Morgan fingerprint density at radius 2 is 1.59 bits per heavy atom. The van der Waals surface area contributed by atoms with E-state index < -0.39 is 31.0 Å². The number of ether oxygens (including phenoxy) is 2. The molecule has 0 unspecified atom stereocenters. The van der Waals surface area contributed by atoms with Crippen LogP contribution in [0.3, 0.4) is 0 Å². The molecule has 14 heteroatoms. The van der Waals surface area contributed by atoms with Crippen molar-refractivity contribution in [3.05, 3.63) is 72.1 Å². The molecule has 1 aliphatic carbocycles. The lowest BCUT2D eigenvalue weighted by Gasteiger charge is -2.22. The first-order chi connectivity index (χ1) is 24.2. The van der Waals surface area contributed by atoms with Gasteiger partial charge in [-0.05, 0) is 71.4 Å². The highest BCUT2D eigenvalue weighted by Crippen LogP contribution is 2.43. The molecule has 0 fully saturated rings. The van der Waals surface area contributed by atoms with Gasteiger partial charge in [-0.25, -0.2) is 22.5 Å². The number of benzene rings is 3. The summed E-state index contributed by atoms with van der Waals surface area (Å²) < 4.78 is 84.6. The molecule has 0 bridgehead atoms. The highest BCUT2D eigenvalue weighted by molar-refractivity contribution is 7.89.